The molecule has 1 aromatic rings. The molecule has 0 aliphatic carbocycles. The minimum Gasteiger partial charge on any atom is -0.354 e. The average Bonchev–Trinajstić information content (AvgIpc) is 2.30. The Morgan fingerprint density at radius 2 is 2.00 bits per heavy atom. The summed E-state index contributed by atoms with van der Waals surface area (Å²) in [5.41, 5.74) is 0.205. The van der Waals surface area contributed by atoms with Gasteiger partial charge in [0.2, 0.25) is 0 Å². The molecule has 0 aromatic heterocycles. The molecule has 1 amide bonds. The second kappa shape index (κ2) is 6.68. The zero-order valence-corrected chi connectivity index (χ0v) is 11.1. The van der Waals surface area contributed by atoms with Crippen LogP contribution in [-0.2, 0) is 9.47 Å². The van der Waals surface area contributed by atoms with E-state index < -0.39 is 18.0 Å². The molecule has 0 spiro atoms. The second-order valence-corrected chi connectivity index (χ2v) is 4.13. The Balaban J connectivity index is 2.76. The van der Waals surface area contributed by atoms with Crippen molar-refractivity contribution in [3.63, 3.8) is 0 Å². The Morgan fingerprint density at radius 3 is 2.50 bits per heavy atom. The summed E-state index contributed by atoms with van der Waals surface area (Å²) < 4.78 is 22.9. The molecule has 0 bridgehead atoms. The van der Waals surface area contributed by atoms with E-state index in [1.165, 1.54) is 26.4 Å². The fourth-order valence-electron chi connectivity index (χ4n) is 1.53. The van der Waals surface area contributed by atoms with Crippen molar-refractivity contribution in [2.24, 2.45) is 0 Å². The molecule has 1 atom stereocenters. The van der Waals surface area contributed by atoms with Crippen molar-refractivity contribution < 1.29 is 18.7 Å². The van der Waals surface area contributed by atoms with Gasteiger partial charge in [0.25, 0.3) is 5.91 Å². The molecule has 1 aromatic carbocycles. The third kappa shape index (κ3) is 3.66. The predicted molar refractivity (Wildman–Crippen MR) is 66.1 cm³/mol. The van der Waals surface area contributed by atoms with Crippen LogP contribution in [0.2, 0.25) is 5.02 Å². The van der Waals surface area contributed by atoms with Crippen LogP contribution in [0.1, 0.15) is 17.3 Å². The van der Waals surface area contributed by atoms with Crippen LogP contribution in [0.25, 0.3) is 0 Å². The standard InChI is InChI=1S/C12H15ClFNO3/c1-7(12(17-2)18-3)15-11(16)9-5-4-8(14)6-10(9)13/h4-7,12H,1-3H3,(H,15,16). The van der Waals surface area contributed by atoms with Gasteiger partial charge >= 0.3 is 0 Å². The Bertz CT molecular complexity index is 424. The quantitative estimate of drug-likeness (QED) is 0.838. The number of benzene rings is 1. The summed E-state index contributed by atoms with van der Waals surface area (Å²) in [7, 11) is 2.95. The number of hydrogen-bond donors (Lipinski definition) is 1. The average molecular weight is 276 g/mol. The number of hydrogen-bond acceptors (Lipinski definition) is 3. The second-order valence-electron chi connectivity index (χ2n) is 3.73. The van der Waals surface area contributed by atoms with Crippen LogP contribution in [0, 0.1) is 5.82 Å². The van der Waals surface area contributed by atoms with E-state index >= 15 is 0 Å². The minimum absolute atomic E-state index is 0.0612. The Labute approximate surface area is 110 Å². The zero-order valence-electron chi connectivity index (χ0n) is 10.4. The maximum Gasteiger partial charge on any atom is 0.253 e. The lowest BCUT2D eigenvalue weighted by atomic mass is 10.2. The number of carbonyl (C=O) groups is 1. The zero-order chi connectivity index (χ0) is 13.7. The minimum atomic E-state index is -0.562. The van der Waals surface area contributed by atoms with E-state index in [9.17, 15) is 9.18 Å². The van der Waals surface area contributed by atoms with E-state index in [1.54, 1.807) is 6.92 Å². The molecule has 0 heterocycles. The summed E-state index contributed by atoms with van der Waals surface area (Å²) in [6, 6.07) is 3.23. The summed E-state index contributed by atoms with van der Waals surface area (Å²) in [4.78, 5) is 11.9. The van der Waals surface area contributed by atoms with Gasteiger partial charge in [0.05, 0.1) is 16.6 Å². The maximum absolute atomic E-state index is 12.9. The molecule has 0 fully saturated rings. The van der Waals surface area contributed by atoms with Crippen LogP contribution in [0.15, 0.2) is 18.2 Å². The van der Waals surface area contributed by atoms with Gasteiger partial charge in [-0.3, -0.25) is 4.79 Å². The molecule has 0 saturated carbocycles. The smallest absolute Gasteiger partial charge is 0.253 e. The molecule has 1 N–H and O–H groups in total. The molecule has 1 rings (SSSR count). The Morgan fingerprint density at radius 1 is 1.39 bits per heavy atom. The SMILES string of the molecule is COC(OC)C(C)NC(=O)c1ccc(F)cc1Cl. The van der Waals surface area contributed by atoms with Crippen molar-refractivity contribution in [3.05, 3.63) is 34.6 Å². The van der Waals surface area contributed by atoms with Gasteiger partial charge in [-0.1, -0.05) is 11.6 Å². The third-order valence-electron chi connectivity index (χ3n) is 2.41. The number of amides is 1. The lowest BCUT2D eigenvalue weighted by Gasteiger charge is -2.22. The largest absolute Gasteiger partial charge is 0.354 e. The van der Waals surface area contributed by atoms with Crippen molar-refractivity contribution in [2.45, 2.75) is 19.3 Å². The van der Waals surface area contributed by atoms with E-state index in [-0.39, 0.29) is 16.6 Å². The highest BCUT2D eigenvalue weighted by Gasteiger charge is 2.20. The highest BCUT2D eigenvalue weighted by molar-refractivity contribution is 6.33. The summed E-state index contributed by atoms with van der Waals surface area (Å²) >= 11 is 5.79. The lowest BCUT2D eigenvalue weighted by Crippen LogP contribution is -2.43. The Hall–Kier alpha value is -1.17. The summed E-state index contributed by atoms with van der Waals surface area (Å²) in [5.74, 6) is -0.900. The number of ether oxygens (including phenoxy) is 2. The first-order chi connectivity index (χ1) is 8.49. The van der Waals surface area contributed by atoms with E-state index in [0.29, 0.717) is 0 Å². The van der Waals surface area contributed by atoms with E-state index in [0.717, 1.165) is 6.07 Å². The van der Waals surface area contributed by atoms with Gasteiger partial charge in [0.1, 0.15) is 5.82 Å². The van der Waals surface area contributed by atoms with Gasteiger partial charge in [-0.15, -0.1) is 0 Å². The van der Waals surface area contributed by atoms with E-state index in [1.807, 2.05) is 0 Å². The molecule has 4 nitrogen and oxygen atoms in total. The van der Waals surface area contributed by atoms with Crippen molar-refractivity contribution in [1.82, 2.24) is 5.32 Å². The van der Waals surface area contributed by atoms with Crippen LogP contribution in [0.4, 0.5) is 4.39 Å². The fraction of sp³-hybridized carbons (Fsp3) is 0.417. The molecule has 0 aliphatic rings. The van der Waals surface area contributed by atoms with E-state index in [2.05, 4.69) is 5.32 Å². The van der Waals surface area contributed by atoms with Gasteiger partial charge < -0.3 is 14.8 Å². The van der Waals surface area contributed by atoms with Gasteiger partial charge in [-0.2, -0.15) is 0 Å². The highest BCUT2D eigenvalue weighted by Crippen LogP contribution is 2.17. The summed E-state index contributed by atoms with van der Waals surface area (Å²) in [6.07, 6.45) is -0.562. The van der Waals surface area contributed by atoms with Crippen LogP contribution in [-0.4, -0.2) is 32.5 Å². The molecule has 18 heavy (non-hydrogen) atoms. The number of halogens is 2. The lowest BCUT2D eigenvalue weighted by molar-refractivity contribution is -0.117. The molecule has 0 saturated heterocycles. The van der Waals surface area contributed by atoms with Gasteiger partial charge in [-0.25, -0.2) is 4.39 Å². The summed E-state index contributed by atoms with van der Waals surface area (Å²) in [6.45, 7) is 1.73. The Kier molecular flexibility index (Phi) is 5.53. The first kappa shape index (κ1) is 14.9. The maximum atomic E-state index is 12.9. The number of methoxy groups -OCH3 is 2. The van der Waals surface area contributed by atoms with Crippen molar-refractivity contribution in [2.75, 3.05) is 14.2 Å². The fourth-order valence-corrected chi connectivity index (χ4v) is 1.78. The van der Waals surface area contributed by atoms with Gasteiger partial charge in [-0.05, 0) is 25.1 Å². The van der Waals surface area contributed by atoms with Crippen LogP contribution in [0.5, 0.6) is 0 Å². The molecule has 100 valence electrons. The van der Waals surface area contributed by atoms with Crippen LogP contribution < -0.4 is 5.32 Å². The van der Waals surface area contributed by atoms with Gasteiger partial charge in [0, 0.05) is 14.2 Å². The van der Waals surface area contributed by atoms with E-state index in [4.69, 9.17) is 21.1 Å². The number of nitrogens with one attached hydrogen (secondary N) is 1. The van der Waals surface area contributed by atoms with Crippen LogP contribution >= 0.6 is 11.6 Å². The predicted octanol–water partition coefficient (Wildman–Crippen LogP) is 2.22. The molecule has 1 unspecified atom stereocenters. The molecule has 0 radical (unpaired) electrons. The molecule has 0 aliphatic heterocycles. The number of carbonyl (C=O) groups excluding carboxylic acids is 1. The first-order valence-electron chi connectivity index (χ1n) is 5.31. The normalized spacial score (nSPS) is 12.6. The molecular formula is C12H15ClFNO3. The van der Waals surface area contributed by atoms with Crippen LogP contribution in [0.3, 0.4) is 0 Å². The topological polar surface area (TPSA) is 47.6 Å². The van der Waals surface area contributed by atoms with Gasteiger partial charge in [0.15, 0.2) is 6.29 Å². The number of rotatable bonds is 5. The first-order valence-corrected chi connectivity index (χ1v) is 5.69. The monoisotopic (exact) mass is 275 g/mol. The molecule has 6 heteroatoms. The van der Waals surface area contributed by atoms with Crippen molar-refractivity contribution in [3.8, 4) is 0 Å². The third-order valence-corrected chi connectivity index (χ3v) is 2.72. The highest BCUT2D eigenvalue weighted by atomic mass is 35.5. The van der Waals surface area contributed by atoms with Crippen molar-refractivity contribution >= 4 is 17.5 Å². The summed E-state index contributed by atoms with van der Waals surface area (Å²) in [5, 5.41) is 2.72. The molecular weight excluding hydrogens is 261 g/mol. The van der Waals surface area contributed by atoms with Crippen molar-refractivity contribution in [1.29, 1.82) is 0 Å².